The standard InChI is InChI=1S/C27H29N5O3S/c1-30-26(33)22-8-3-4-9-25(22)36-20-11-12-21(24(29)17-20)23(28)13-10-18-6-5-7-19(16-18)32-27(34)31-14-15-35-2/h3-9,11-12,16-17,23H,14-15,28-29H2,1-2H3,(H,30,33)(H2,31,32,34). The first-order valence-electron chi connectivity index (χ1n) is 11.2. The van der Waals surface area contributed by atoms with Crippen molar-refractivity contribution in [2.75, 3.05) is 38.4 Å². The molecule has 0 heterocycles. The molecule has 3 rings (SSSR count). The van der Waals surface area contributed by atoms with Gasteiger partial charge >= 0.3 is 6.03 Å². The molecule has 3 aromatic rings. The Balaban J connectivity index is 1.69. The Morgan fingerprint density at radius 2 is 1.89 bits per heavy atom. The smallest absolute Gasteiger partial charge is 0.319 e. The van der Waals surface area contributed by atoms with E-state index in [1.54, 1.807) is 38.4 Å². The average Bonchev–Trinajstić information content (AvgIpc) is 2.87. The van der Waals surface area contributed by atoms with Crippen molar-refractivity contribution in [3.05, 3.63) is 83.4 Å². The van der Waals surface area contributed by atoms with Crippen molar-refractivity contribution >= 4 is 35.1 Å². The van der Waals surface area contributed by atoms with Crippen LogP contribution >= 0.6 is 11.8 Å². The van der Waals surface area contributed by atoms with Crippen molar-refractivity contribution in [2.45, 2.75) is 15.8 Å². The Morgan fingerprint density at radius 1 is 1.08 bits per heavy atom. The normalized spacial score (nSPS) is 11.1. The minimum absolute atomic E-state index is 0.147. The lowest BCUT2D eigenvalue weighted by molar-refractivity contribution is 0.0960. The first-order chi connectivity index (χ1) is 17.4. The number of hydrogen-bond donors (Lipinski definition) is 5. The van der Waals surface area contributed by atoms with Crippen LogP contribution in [0.3, 0.4) is 0 Å². The number of methoxy groups -OCH3 is 1. The van der Waals surface area contributed by atoms with E-state index >= 15 is 0 Å². The van der Waals surface area contributed by atoms with E-state index in [2.05, 4.69) is 27.8 Å². The van der Waals surface area contributed by atoms with Crippen LogP contribution < -0.4 is 27.4 Å². The van der Waals surface area contributed by atoms with Gasteiger partial charge in [-0.15, -0.1) is 0 Å². The molecule has 186 valence electrons. The molecule has 0 bridgehead atoms. The highest BCUT2D eigenvalue weighted by atomic mass is 32.2. The number of carbonyl (C=O) groups is 2. The van der Waals surface area contributed by atoms with Gasteiger partial charge in [0.25, 0.3) is 5.91 Å². The summed E-state index contributed by atoms with van der Waals surface area (Å²) < 4.78 is 4.91. The molecule has 0 radical (unpaired) electrons. The Hall–Kier alpha value is -3.97. The SMILES string of the molecule is CNC(=O)c1ccccc1Sc1ccc(C(N)C#Cc2cccc(NC(=O)NCCOC)c2)c(N)c1. The first-order valence-corrected chi connectivity index (χ1v) is 12.0. The molecule has 9 heteroatoms. The van der Waals surface area contributed by atoms with E-state index in [-0.39, 0.29) is 11.9 Å². The second kappa shape index (κ2) is 13.2. The molecule has 1 unspecified atom stereocenters. The topological polar surface area (TPSA) is 132 Å². The number of nitrogens with one attached hydrogen (secondary N) is 3. The number of benzene rings is 3. The highest BCUT2D eigenvalue weighted by molar-refractivity contribution is 7.99. The third kappa shape index (κ3) is 7.52. The van der Waals surface area contributed by atoms with E-state index in [9.17, 15) is 9.59 Å². The highest BCUT2D eigenvalue weighted by Crippen LogP contribution is 2.33. The van der Waals surface area contributed by atoms with Crippen LogP contribution in [0.5, 0.6) is 0 Å². The van der Waals surface area contributed by atoms with Crippen molar-refractivity contribution in [1.29, 1.82) is 0 Å². The maximum absolute atomic E-state index is 12.1. The zero-order valence-electron chi connectivity index (χ0n) is 20.1. The summed E-state index contributed by atoms with van der Waals surface area (Å²) in [6, 6.07) is 19.2. The molecule has 1 atom stereocenters. The Morgan fingerprint density at radius 3 is 2.64 bits per heavy atom. The van der Waals surface area contributed by atoms with Gasteiger partial charge in [-0.1, -0.05) is 47.9 Å². The number of carbonyl (C=O) groups excluding carboxylic acids is 2. The predicted molar refractivity (Wildman–Crippen MR) is 144 cm³/mol. The molecule has 36 heavy (non-hydrogen) atoms. The number of hydrogen-bond acceptors (Lipinski definition) is 6. The number of anilines is 2. The fourth-order valence-corrected chi connectivity index (χ4v) is 4.25. The minimum atomic E-state index is -0.601. The molecule has 0 aliphatic rings. The Labute approximate surface area is 215 Å². The summed E-state index contributed by atoms with van der Waals surface area (Å²) in [6.07, 6.45) is 0. The van der Waals surface area contributed by atoms with Gasteiger partial charge in [0.1, 0.15) is 0 Å². The fraction of sp³-hybridized carbons (Fsp3) is 0.185. The zero-order chi connectivity index (χ0) is 25.9. The van der Waals surface area contributed by atoms with Gasteiger partial charge in [-0.2, -0.15) is 0 Å². The Bertz CT molecular complexity index is 1290. The maximum atomic E-state index is 12.1. The van der Waals surface area contributed by atoms with Crippen molar-refractivity contribution in [3.8, 4) is 11.8 Å². The molecule has 0 saturated carbocycles. The molecule has 8 nitrogen and oxygen atoms in total. The second-order valence-electron chi connectivity index (χ2n) is 7.67. The van der Waals surface area contributed by atoms with E-state index in [1.165, 1.54) is 11.8 Å². The van der Waals surface area contributed by atoms with E-state index in [4.69, 9.17) is 16.2 Å². The van der Waals surface area contributed by atoms with Gasteiger partial charge in [0.05, 0.1) is 18.2 Å². The molecule has 3 amide bonds. The molecule has 0 spiro atoms. The van der Waals surface area contributed by atoms with E-state index in [0.29, 0.717) is 41.2 Å². The molecular formula is C27H29N5O3S. The molecular weight excluding hydrogens is 474 g/mol. The maximum Gasteiger partial charge on any atom is 0.319 e. The third-order valence-corrected chi connectivity index (χ3v) is 6.13. The number of ether oxygens (including phenoxy) is 1. The molecule has 7 N–H and O–H groups in total. The number of rotatable bonds is 8. The van der Waals surface area contributed by atoms with Crippen molar-refractivity contribution in [1.82, 2.24) is 10.6 Å². The van der Waals surface area contributed by atoms with E-state index < -0.39 is 6.04 Å². The lowest BCUT2D eigenvalue weighted by Gasteiger charge is -2.12. The van der Waals surface area contributed by atoms with Gasteiger partial charge in [-0.25, -0.2) is 4.79 Å². The molecule has 3 aromatic carbocycles. The van der Waals surface area contributed by atoms with Gasteiger partial charge in [-0.3, -0.25) is 4.79 Å². The summed E-state index contributed by atoms with van der Waals surface area (Å²) in [5.74, 6) is 5.92. The molecule has 0 aliphatic carbocycles. The van der Waals surface area contributed by atoms with Gasteiger partial charge in [-0.05, 0) is 42.5 Å². The molecule has 0 saturated heterocycles. The summed E-state index contributed by atoms with van der Waals surface area (Å²) in [5, 5.41) is 8.11. The van der Waals surface area contributed by atoms with Crippen molar-refractivity contribution in [3.63, 3.8) is 0 Å². The van der Waals surface area contributed by atoms with Crippen molar-refractivity contribution < 1.29 is 14.3 Å². The number of urea groups is 1. The lowest BCUT2D eigenvalue weighted by atomic mass is 10.1. The van der Waals surface area contributed by atoms with Gasteiger partial charge in [0.15, 0.2) is 0 Å². The summed E-state index contributed by atoms with van der Waals surface area (Å²) >= 11 is 1.45. The van der Waals surface area contributed by atoms with Crippen LogP contribution in [0.2, 0.25) is 0 Å². The molecule has 0 aromatic heterocycles. The van der Waals surface area contributed by atoms with Gasteiger partial charge in [0.2, 0.25) is 0 Å². The fourth-order valence-electron chi connectivity index (χ4n) is 3.26. The first kappa shape index (κ1) is 26.6. The van der Waals surface area contributed by atoms with Crippen LogP contribution in [-0.4, -0.2) is 39.2 Å². The number of amides is 3. The summed E-state index contributed by atoms with van der Waals surface area (Å²) in [5.41, 5.74) is 15.7. The minimum Gasteiger partial charge on any atom is -0.398 e. The van der Waals surface area contributed by atoms with Crippen molar-refractivity contribution in [2.24, 2.45) is 5.73 Å². The highest BCUT2D eigenvalue weighted by Gasteiger charge is 2.13. The molecule has 0 aliphatic heterocycles. The van der Waals surface area contributed by atoms with Crippen LogP contribution in [0.15, 0.2) is 76.5 Å². The van der Waals surface area contributed by atoms with Crippen LogP contribution in [0.1, 0.15) is 27.5 Å². The van der Waals surface area contributed by atoms with E-state index in [1.807, 2.05) is 42.5 Å². The summed E-state index contributed by atoms with van der Waals surface area (Å²) in [4.78, 5) is 25.8. The zero-order valence-corrected chi connectivity index (χ0v) is 20.9. The lowest BCUT2D eigenvalue weighted by Crippen LogP contribution is -2.31. The number of nitrogen functional groups attached to an aromatic ring is 1. The summed E-state index contributed by atoms with van der Waals surface area (Å²) in [6.45, 7) is 0.846. The third-order valence-electron chi connectivity index (χ3n) is 5.06. The van der Waals surface area contributed by atoms with Gasteiger partial charge in [0, 0.05) is 53.0 Å². The molecule has 0 fully saturated rings. The predicted octanol–water partition coefficient (Wildman–Crippen LogP) is 3.60. The van der Waals surface area contributed by atoms with Crippen LogP contribution in [0.4, 0.5) is 16.2 Å². The summed E-state index contributed by atoms with van der Waals surface area (Å²) in [7, 11) is 3.18. The van der Waals surface area contributed by atoms with E-state index in [0.717, 1.165) is 9.79 Å². The number of nitrogens with two attached hydrogens (primary N) is 2. The quantitative estimate of drug-likeness (QED) is 0.181. The van der Waals surface area contributed by atoms with Crippen LogP contribution in [0, 0.1) is 11.8 Å². The largest absolute Gasteiger partial charge is 0.398 e. The van der Waals surface area contributed by atoms with Gasteiger partial charge < -0.3 is 32.2 Å². The second-order valence-corrected chi connectivity index (χ2v) is 8.78. The van der Waals surface area contributed by atoms with Crippen LogP contribution in [0.25, 0.3) is 0 Å². The monoisotopic (exact) mass is 503 g/mol. The average molecular weight is 504 g/mol. The Kier molecular flexibility index (Phi) is 9.77. The van der Waals surface area contributed by atoms with Crippen LogP contribution in [-0.2, 0) is 4.74 Å².